The normalized spacial score (nSPS) is 18.8. The molecule has 3 aromatic rings. The van der Waals surface area contributed by atoms with Gasteiger partial charge in [0.15, 0.2) is 0 Å². The Kier molecular flexibility index (Phi) is 6.37. The lowest BCUT2D eigenvalue weighted by molar-refractivity contribution is -0.132. The first-order valence-electron chi connectivity index (χ1n) is 11.3. The predicted molar refractivity (Wildman–Crippen MR) is 122 cm³/mol. The lowest BCUT2D eigenvalue weighted by Crippen LogP contribution is -2.37. The number of carbonyl (C=O) groups is 1. The monoisotopic (exact) mass is 447 g/mol. The van der Waals surface area contributed by atoms with E-state index in [0.717, 1.165) is 29.9 Å². The van der Waals surface area contributed by atoms with E-state index in [1.807, 2.05) is 48.7 Å². The number of aryl methyl sites for hydroxylation is 1. The summed E-state index contributed by atoms with van der Waals surface area (Å²) in [4.78, 5) is 21.5. The van der Waals surface area contributed by atoms with Gasteiger partial charge in [-0.05, 0) is 28.8 Å². The number of fused-ring (bicyclic) bond motifs is 1. The van der Waals surface area contributed by atoms with Gasteiger partial charge in [-0.15, -0.1) is 0 Å². The molecule has 1 atom stereocenters. The highest BCUT2D eigenvalue weighted by Gasteiger charge is 2.29. The zero-order chi connectivity index (χ0) is 22.6. The van der Waals surface area contributed by atoms with Crippen molar-refractivity contribution in [3.63, 3.8) is 0 Å². The van der Waals surface area contributed by atoms with Crippen LogP contribution in [-0.4, -0.2) is 62.8 Å². The number of aromatic nitrogens is 3. The molecule has 0 saturated carbocycles. The van der Waals surface area contributed by atoms with E-state index in [0.29, 0.717) is 39.3 Å². The van der Waals surface area contributed by atoms with Crippen LogP contribution in [0.15, 0.2) is 55.1 Å². The zero-order valence-electron chi connectivity index (χ0n) is 18.9. The third-order valence-corrected chi connectivity index (χ3v) is 6.10. The van der Waals surface area contributed by atoms with Gasteiger partial charge < -0.3 is 14.4 Å². The van der Waals surface area contributed by atoms with Crippen molar-refractivity contribution in [2.45, 2.75) is 32.2 Å². The second-order valence-corrected chi connectivity index (χ2v) is 8.80. The minimum Gasteiger partial charge on any atom is -0.493 e. The molecule has 2 aromatic heterocycles. The summed E-state index contributed by atoms with van der Waals surface area (Å²) in [5, 5.41) is 4.24. The average Bonchev–Trinajstić information content (AvgIpc) is 3.42. The van der Waals surface area contributed by atoms with Crippen LogP contribution in [0.5, 0.6) is 5.75 Å². The molecule has 1 unspecified atom stereocenters. The van der Waals surface area contributed by atoms with Gasteiger partial charge in [0.1, 0.15) is 5.75 Å². The Labute approximate surface area is 193 Å². The van der Waals surface area contributed by atoms with Crippen LogP contribution in [0.1, 0.15) is 22.3 Å². The van der Waals surface area contributed by atoms with Gasteiger partial charge >= 0.3 is 0 Å². The topological polar surface area (TPSA) is 72.7 Å². The molecule has 0 aliphatic carbocycles. The maximum absolute atomic E-state index is 13.2. The van der Waals surface area contributed by atoms with Gasteiger partial charge in [0.05, 0.1) is 32.1 Å². The van der Waals surface area contributed by atoms with Gasteiger partial charge in [-0.3, -0.25) is 19.4 Å². The number of nitrogens with zero attached hydrogens (tertiary/aromatic N) is 5. The van der Waals surface area contributed by atoms with Gasteiger partial charge in [0.25, 0.3) is 0 Å². The summed E-state index contributed by atoms with van der Waals surface area (Å²) in [5.41, 5.74) is 4.48. The SMILES string of the molecule is Cn1cc(CN2CC(OCc3cccnc3)CN(Cc3ccc4c(c3)CCO4)CC2=O)cn1. The van der Waals surface area contributed by atoms with Crippen molar-refractivity contribution in [2.75, 3.05) is 26.2 Å². The first kappa shape index (κ1) is 21.6. The summed E-state index contributed by atoms with van der Waals surface area (Å²) >= 11 is 0. The molecule has 0 N–H and O–H groups in total. The number of rotatable bonds is 7. The number of hydrogen-bond donors (Lipinski definition) is 0. The number of ether oxygens (including phenoxy) is 2. The van der Waals surface area contributed by atoms with E-state index >= 15 is 0 Å². The number of carbonyl (C=O) groups excluding carboxylic acids is 1. The Hall–Kier alpha value is -3.23. The van der Waals surface area contributed by atoms with Crippen LogP contribution < -0.4 is 4.74 Å². The van der Waals surface area contributed by atoms with Crippen LogP contribution in [0.3, 0.4) is 0 Å². The molecule has 0 radical (unpaired) electrons. The van der Waals surface area contributed by atoms with Crippen LogP contribution >= 0.6 is 0 Å². The number of benzene rings is 1. The molecule has 2 aliphatic heterocycles. The molecular formula is C25H29N5O3. The largest absolute Gasteiger partial charge is 0.493 e. The molecule has 8 nitrogen and oxygen atoms in total. The molecular weight excluding hydrogens is 418 g/mol. The summed E-state index contributed by atoms with van der Waals surface area (Å²) in [6, 6.07) is 10.3. The Morgan fingerprint density at radius 3 is 2.88 bits per heavy atom. The lowest BCUT2D eigenvalue weighted by atomic mass is 10.1. The quantitative estimate of drug-likeness (QED) is 0.553. The van der Waals surface area contributed by atoms with Crippen LogP contribution in [0.2, 0.25) is 0 Å². The molecule has 1 aromatic carbocycles. The smallest absolute Gasteiger partial charge is 0.237 e. The van der Waals surface area contributed by atoms with Crippen molar-refractivity contribution in [3.8, 4) is 5.75 Å². The van der Waals surface area contributed by atoms with Gasteiger partial charge in [-0.2, -0.15) is 5.10 Å². The van der Waals surface area contributed by atoms with E-state index in [-0.39, 0.29) is 12.0 Å². The minimum absolute atomic E-state index is 0.105. The zero-order valence-corrected chi connectivity index (χ0v) is 18.9. The summed E-state index contributed by atoms with van der Waals surface area (Å²) in [6.45, 7) is 4.04. The maximum atomic E-state index is 13.2. The summed E-state index contributed by atoms with van der Waals surface area (Å²) < 4.78 is 13.7. The van der Waals surface area contributed by atoms with Crippen LogP contribution in [0.25, 0.3) is 0 Å². The van der Waals surface area contributed by atoms with E-state index in [1.165, 1.54) is 11.1 Å². The summed E-state index contributed by atoms with van der Waals surface area (Å²) in [6.07, 6.45) is 8.18. The van der Waals surface area contributed by atoms with E-state index < -0.39 is 0 Å². The second-order valence-electron chi connectivity index (χ2n) is 8.80. The average molecular weight is 448 g/mol. The van der Waals surface area contributed by atoms with Crippen LogP contribution in [0, 0.1) is 0 Å². The first-order chi connectivity index (χ1) is 16.1. The van der Waals surface area contributed by atoms with Crippen molar-refractivity contribution in [2.24, 2.45) is 7.05 Å². The molecule has 5 rings (SSSR count). The third-order valence-electron chi connectivity index (χ3n) is 6.10. The molecule has 4 heterocycles. The van der Waals surface area contributed by atoms with Gasteiger partial charge in [-0.25, -0.2) is 0 Å². The number of amides is 1. The molecule has 0 spiro atoms. The molecule has 0 bridgehead atoms. The van der Waals surface area contributed by atoms with E-state index in [2.05, 4.69) is 27.1 Å². The van der Waals surface area contributed by atoms with Gasteiger partial charge in [-0.1, -0.05) is 18.2 Å². The van der Waals surface area contributed by atoms with Crippen molar-refractivity contribution in [1.29, 1.82) is 0 Å². The summed E-state index contributed by atoms with van der Waals surface area (Å²) in [5.74, 6) is 1.09. The molecule has 1 amide bonds. The summed E-state index contributed by atoms with van der Waals surface area (Å²) in [7, 11) is 1.89. The minimum atomic E-state index is -0.105. The van der Waals surface area contributed by atoms with Crippen LogP contribution in [0.4, 0.5) is 0 Å². The lowest BCUT2D eigenvalue weighted by Gasteiger charge is -2.24. The highest BCUT2D eigenvalue weighted by molar-refractivity contribution is 5.78. The fourth-order valence-electron chi connectivity index (χ4n) is 4.50. The molecule has 33 heavy (non-hydrogen) atoms. The second kappa shape index (κ2) is 9.72. The fraction of sp³-hybridized carbons (Fsp3) is 0.400. The Balaban J connectivity index is 1.31. The molecule has 2 aliphatic rings. The molecule has 172 valence electrons. The predicted octanol–water partition coefficient (Wildman–Crippen LogP) is 2.18. The highest BCUT2D eigenvalue weighted by Crippen LogP contribution is 2.26. The maximum Gasteiger partial charge on any atom is 0.237 e. The van der Waals surface area contributed by atoms with E-state index in [4.69, 9.17) is 9.47 Å². The van der Waals surface area contributed by atoms with Crippen molar-refractivity contribution >= 4 is 5.91 Å². The van der Waals surface area contributed by atoms with Gasteiger partial charge in [0.2, 0.25) is 5.91 Å². The molecule has 1 saturated heterocycles. The Morgan fingerprint density at radius 2 is 2.06 bits per heavy atom. The van der Waals surface area contributed by atoms with E-state index in [1.54, 1.807) is 10.9 Å². The highest BCUT2D eigenvalue weighted by atomic mass is 16.5. The van der Waals surface area contributed by atoms with Crippen molar-refractivity contribution < 1.29 is 14.3 Å². The number of pyridine rings is 1. The molecule has 1 fully saturated rings. The van der Waals surface area contributed by atoms with Crippen LogP contribution in [-0.2, 0) is 42.7 Å². The Morgan fingerprint density at radius 1 is 1.12 bits per heavy atom. The van der Waals surface area contributed by atoms with Gasteiger partial charge in [0, 0.05) is 63.8 Å². The van der Waals surface area contributed by atoms with E-state index in [9.17, 15) is 4.79 Å². The standard InChI is InChI=1S/C25H29N5O3/c1-28-12-21(11-27-28)14-30-16-23(33-18-20-3-2-7-26-10-20)15-29(17-25(30)31)13-19-4-5-24-22(9-19)6-8-32-24/h2-5,7,9-12,23H,6,8,13-18H2,1H3. The van der Waals surface area contributed by atoms with Crippen molar-refractivity contribution in [1.82, 2.24) is 24.6 Å². The van der Waals surface area contributed by atoms with Crippen molar-refractivity contribution in [3.05, 3.63) is 77.4 Å². The first-order valence-corrected chi connectivity index (χ1v) is 11.3. The fourth-order valence-corrected chi connectivity index (χ4v) is 4.50. The third kappa shape index (κ3) is 5.40. The number of hydrogen-bond acceptors (Lipinski definition) is 6. The Bertz CT molecular complexity index is 1100. The molecule has 8 heteroatoms.